The lowest BCUT2D eigenvalue weighted by atomic mass is 9.92. The summed E-state index contributed by atoms with van der Waals surface area (Å²) < 4.78 is 0. The van der Waals surface area contributed by atoms with Crippen LogP contribution in [0.5, 0.6) is 0 Å². The third-order valence-corrected chi connectivity index (χ3v) is 8.49. The van der Waals surface area contributed by atoms with Gasteiger partial charge in [-0.1, -0.05) is 97.4 Å². The number of fused-ring (bicyclic) bond motifs is 2. The Morgan fingerprint density at radius 2 is 1.53 bits per heavy atom. The summed E-state index contributed by atoms with van der Waals surface area (Å²) in [6, 6.07) is 34.3. The number of nitrogens with zero attached hydrogens (tertiary/aromatic N) is 4. The molecule has 2 aliphatic rings. The molecule has 0 amide bonds. The SMILES string of the molecule is CCc1ccc(C2=NN(c3ccccc3)[C@]3(SC(C(C)=O)=NN3c3ccccc3Cl)c3ccccc32)cc1. The molecule has 6 rings (SSSR count). The van der Waals surface area contributed by atoms with Gasteiger partial charge in [0.05, 0.1) is 22.1 Å². The van der Waals surface area contributed by atoms with Crippen LogP contribution in [0.2, 0.25) is 5.02 Å². The highest BCUT2D eigenvalue weighted by Gasteiger charge is 2.56. The number of para-hydroxylation sites is 2. The maximum Gasteiger partial charge on any atom is 0.234 e. The highest BCUT2D eigenvalue weighted by molar-refractivity contribution is 8.17. The monoisotopic (exact) mass is 536 g/mol. The second-order valence-electron chi connectivity index (χ2n) is 9.13. The van der Waals surface area contributed by atoms with Gasteiger partial charge >= 0.3 is 0 Å². The van der Waals surface area contributed by atoms with E-state index in [1.807, 2.05) is 76.7 Å². The van der Waals surface area contributed by atoms with Crippen LogP contribution in [0.15, 0.2) is 113 Å². The van der Waals surface area contributed by atoms with Crippen LogP contribution in [0.25, 0.3) is 0 Å². The number of anilines is 2. The van der Waals surface area contributed by atoms with Gasteiger partial charge in [-0.15, -0.1) is 0 Å². The van der Waals surface area contributed by atoms with Crippen LogP contribution in [0.1, 0.15) is 36.1 Å². The molecule has 188 valence electrons. The third kappa shape index (κ3) is 3.92. The zero-order valence-electron chi connectivity index (χ0n) is 21.0. The number of rotatable bonds is 5. The first-order chi connectivity index (χ1) is 18.5. The zero-order chi connectivity index (χ0) is 26.3. The van der Waals surface area contributed by atoms with E-state index in [1.54, 1.807) is 6.92 Å². The number of carbonyl (C=O) groups excluding carboxylic acids is 1. The Morgan fingerprint density at radius 1 is 0.842 bits per heavy atom. The highest BCUT2D eigenvalue weighted by Crippen LogP contribution is 2.55. The number of hydrazone groups is 2. The van der Waals surface area contributed by atoms with E-state index in [4.69, 9.17) is 21.8 Å². The number of hydrogen-bond donors (Lipinski definition) is 0. The van der Waals surface area contributed by atoms with Gasteiger partial charge in [0.25, 0.3) is 0 Å². The molecule has 4 aromatic rings. The van der Waals surface area contributed by atoms with Gasteiger partial charge in [-0.05, 0) is 48.0 Å². The zero-order valence-corrected chi connectivity index (χ0v) is 22.6. The average molecular weight is 537 g/mol. The molecule has 0 aliphatic carbocycles. The summed E-state index contributed by atoms with van der Waals surface area (Å²) in [5.41, 5.74) is 6.66. The quantitative estimate of drug-likeness (QED) is 0.266. The van der Waals surface area contributed by atoms with Crippen molar-refractivity contribution >= 4 is 51.3 Å². The van der Waals surface area contributed by atoms with E-state index in [-0.39, 0.29) is 5.78 Å². The summed E-state index contributed by atoms with van der Waals surface area (Å²) in [7, 11) is 0. The summed E-state index contributed by atoms with van der Waals surface area (Å²) >= 11 is 8.14. The largest absolute Gasteiger partial charge is 0.292 e. The molecule has 4 aromatic carbocycles. The predicted octanol–water partition coefficient (Wildman–Crippen LogP) is 7.44. The Morgan fingerprint density at radius 3 is 2.24 bits per heavy atom. The van der Waals surface area contributed by atoms with Crippen molar-refractivity contribution in [2.45, 2.75) is 25.3 Å². The maximum atomic E-state index is 12.8. The highest BCUT2D eigenvalue weighted by atomic mass is 35.5. The molecule has 0 saturated heterocycles. The number of halogens is 1. The van der Waals surface area contributed by atoms with Crippen molar-refractivity contribution in [3.05, 3.63) is 130 Å². The van der Waals surface area contributed by atoms with E-state index in [2.05, 4.69) is 43.3 Å². The number of hydrogen-bond acceptors (Lipinski definition) is 6. The normalized spacial score (nSPS) is 18.3. The van der Waals surface area contributed by atoms with E-state index in [0.29, 0.717) is 15.8 Å². The van der Waals surface area contributed by atoms with Crippen LogP contribution in [-0.2, 0) is 16.2 Å². The lowest BCUT2D eigenvalue weighted by Gasteiger charge is -2.47. The van der Waals surface area contributed by atoms with Crippen LogP contribution < -0.4 is 10.0 Å². The van der Waals surface area contributed by atoms with Gasteiger partial charge in [0.2, 0.25) is 4.99 Å². The van der Waals surface area contributed by atoms with Crippen LogP contribution in [-0.4, -0.2) is 16.5 Å². The molecule has 0 aromatic heterocycles. The minimum Gasteiger partial charge on any atom is -0.292 e. The molecule has 0 fully saturated rings. The Kier molecular flexibility index (Phi) is 6.30. The van der Waals surface area contributed by atoms with Gasteiger partial charge in [-0.3, -0.25) is 4.79 Å². The van der Waals surface area contributed by atoms with Crippen molar-refractivity contribution in [1.29, 1.82) is 0 Å². The molecular formula is C31H25ClN4OS. The molecular weight excluding hydrogens is 512 g/mol. The van der Waals surface area contributed by atoms with Crippen molar-refractivity contribution in [3.8, 4) is 0 Å². The molecule has 0 saturated carbocycles. The van der Waals surface area contributed by atoms with Crippen molar-refractivity contribution in [3.63, 3.8) is 0 Å². The van der Waals surface area contributed by atoms with Crippen LogP contribution in [0.3, 0.4) is 0 Å². The van der Waals surface area contributed by atoms with E-state index in [9.17, 15) is 4.79 Å². The summed E-state index contributed by atoms with van der Waals surface area (Å²) in [5.74, 6) is -0.112. The minimum absolute atomic E-state index is 0.112. The molecule has 2 heterocycles. The summed E-state index contributed by atoms with van der Waals surface area (Å²) in [4.78, 5) is 11.8. The molecule has 2 aliphatic heterocycles. The number of thioether (sulfide) groups is 1. The Hall–Kier alpha value is -3.87. The van der Waals surface area contributed by atoms with Gasteiger partial charge in [0, 0.05) is 23.6 Å². The fraction of sp³-hybridized carbons (Fsp3) is 0.129. The van der Waals surface area contributed by atoms with E-state index < -0.39 is 4.99 Å². The van der Waals surface area contributed by atoms with Crippen molar-refractivity contribution in [2.75, 3.05) is 10.0 Å². The fourth-order valence-electron chi connectivity index (χ4n) is 4.86. The second-order valence-corrected chi connectivity index (χ2v) is 10.7. The molecule has 38 heavy (non-hydrogen) atoms. The second kappa shape index (κ2) is 9.78. The lowest BCUT2D eigenvalue weighted by Crippen LogP contribution is -2.54. The number of Topliss-reactive ketones (excluding diaryl/α,β-unsaturated/α-hetero) is 1. The number of carbonyl (C=O) groups is 1. The molecule has 0 radical (unpaired) electrons. The van der Waals surface area contributed by atoms with Gasteiger partial charge < -0.3 is 0 Å². The first-order valence-electron chi connectivity index (χ1n) is 12.5. The van der Waals surface area contributed by atoms with Crippen molar-refractivity contribution in [1.82, 2.24) is 0 Å². The number of ketones is 1. The summed E-state index contributed by atoms with van der Waals surface area (Å²) in [6.45, 7) is 3.69. The van der Waals surface area contributed by atoms with Crippen LogP contribution in [0.4, 0.5) is 11.4 Å². The van der Waals surface area contributed by atoms with E-state index >= 15 is 0 Å². The van der Waals surface area contributed by atoms with Crippen molar-refractivity contribution in [2.24, 2.45) is 10.2 Å². The Balaban J connectivity index is 1.66. The number of aryl methyl sites for hydroxylation is 1. The lowest BCUT2D eigenvalue weighted by molar-refractivity contribution is -0.110. The minimum atomic E-state index is -1.02. The van der Waals surface area contributed by atoms with Gasteiger partial charge in [0.15, 0.2) is 10.8 Å². The maximum absolute atomic E-state index is 12.8. The molecule has 1 spiro atoms. The van der Waals surface area contributed by atoms with E-state index in [0.717, 1.165) is 34.5 Å². The van der Waals surface area contributed by atoms with Crippen LogP contribution in [0, 0.1) is 0 Å². The third-order valence-electron chi connectivity index (χ3n) is 6.76. The summed E-state index contributed by atoms with van der Waals surface area (Å²) in [6.07, 6.45) is 0.969. The first-order valence-corrected chi connectivity index (χ1v) is 13.7. The number of benzene rings is 4. The molecule has 0 N–H and O–H groups in total. The topological polar surface area (TPSA) is 48.3 Å². The Bertz CT molecular complexity index is 1590. The predicted molar refractivity (Wildman–Crippen MR) is 158 cm³/mol. The average Bonchev–Trinajstić information content (AvgIpc) is 3.35. The standard InChI is InChI=1S/C31H25ClN4OS/c1-3-22-17-19-23(20-18-22)29-25-13-7-8-14-26(25)31(35(33-29)24-11-5-4-6-12-24)36(34-30(38-31)21(2)37)28-16-10-9-15-27(28)32/h4-20H,3H2,1-2H3/t31-/m1/s1. The molecule has 7 heteroatoms. The summed E-state index contributed by atoms with van der Waals surface area (Å²) in [5, 5.41) is 14.9. The Labute approximate surface area is 231 Å². The van der Waals surface area contributed by atoms with Crippen molar-refractivity contribution < 1.29 is 4.79 Å². The van der Waals surface area contributed by atoms with E-state index in [1.165, 1.54) is 17.3 Å². The first kappa shape index (κ1) is 24.5. The smallest absolute Gasteiger partial charge is 0.234 e. The van der Waals surface area contributed by atoms with Gasteiger partial charge in [0.1, 0.15) is 0 Å². The molecule has 0 unspecified atom stereocenters. The fourth-order valence-corrected chi connectivity index (χ4v) is 6.36. The molecule has 5 nitrogen and oxygen atoms in total. The molecule has 1 atom stereocenters. The van der Waals surface area contributed by atoms with Gasteiger partial charge in [-0.25, -0.2) is 10.0 Å². The van der Waals surface area contributed by atoms with Crippen LogP contribution >= 0.6 is 23.4 Å². The molecule has 0 bridgehead atoms. The van der Waals surface area contributed by atoms with Gasteiger partial charge in [-0.2, -0.15) is 10.2 Å².